The molecule has 0 fully saturated rings. The van der Waals surface area contributed by atoms with E-state index >= 15 is 0 Å². The average molecular weight is 366 g/mol. The molecule has 3 heterocycles. The number of anilines is 1. The number of aromatic nitrogens is 1. The van der Waals surface area contributed by atoms with Crippen LogP contribution < -0.4 is 5.32 Å². The average Bonchev–Trinajstić information content (AvgIpc) is 3.36. The van der Waals surface area contributed by atoms with Gasteiger partial charge in [-0.05, 0) is 35.8 Å². The zero-order valence-electron chi connectivity index (χ0n) is 15.1. The summed E-state index contributed by atoms with van der Waals surface area (Å²) < 4.78 is 1.27. The first-order valence-electron chi connectivity index (χ1n) is 9.01. The Kier molecular flexibility index (Phi) is 4.90. The number of thiophene rings is 1. The third kappa shape index (κ3) is 3.20. The van der Waals surface area contributed by atoms with Crippen molar-refractivity contribution in [3.8, 4) is 0 Å². The van der Waals surface area contributed by atoms with E-state index in [0.717, 1.165) is 48.8 Å². The number of nitrogens with one attached hydrogen (secondary N) is 1. The van der Waals surface area contributed by atoms with Crippen molar-refractivity contribution in [1.82, 2.24) is 9.88 Å². The highest BCUT2D eigenvalue weighted by Crippen LogP contribution is 2.34. The van der Waals surface area contributed by atoms with Crippen molar-refractivity contribution in [2.24, 2.45) is 15.4 Å². The van der Waals surface area contributed by atoms with Crippen LogP contribution in [0.4, 0.5) is 5.82 Å². The summed E-state index contributed by atoms with van der Waals surface area (Å²) in [4.78, 5) is 7.32. The third-order valence-electron chi connectivity index (χ3n) is 4.79. The minimum atomic E-state index is 0.543. The quantitative estimate of drug-likeness (QED) is 0.675. The van der Waals surface area contributed by atoms with Gasteiger partial charge in [0.25, 0.3) is 0 Å². The molecule has 0 bridgehead atoms. The molecule has 1 N–H and O–H groups in total. The molecule has 1 aromatic carbocycles. The number of hydrogen-bond acceptors (Lipinski definition) is 7. The molecule has 2 aromatic heterocycles. The lowest BCUT2D eigenvalue weighted by molar-refractivity contribution is 0.316. The van der Waals surface area contributed by atoms with Crippen molar-refractivity contribution >= 4 is 43.9 Å². The summed E-state index contributed by atoms with van der Waals surface area (Å²) in [5.41, 5.74) is 2.92. The van der Waals surface area contributed by atoms with Crippen LogP contribution in [0, 0.1) is 0 Å². The van der Waals surface area contributed by atoms with Gasteiger partial charge in [0.1, 0.15) is 12.4 Å². The Hall–Kier alpha value is -2.38. The minimum absolute atomic E-state index is 0.543. The second-order valence-electron chi connectivity index (χ2n) is 6.25. The van der Waals surface area contributed by atoms with E-state index in [0.29, 0.717) is 6.54 Å². The number of nitrogens with zero attached hydrogens (tertiary/aromatic N) is 5. The van der Waals surface area contributed by atoms with Gasteiger partial charge in [-0.25, -0.2) is 4.98 Å². The molecule has 0 atom stereocenters. The van der Waals surface area contributed by atoms with E-state index in [9.17, 15) is 0 Å². The first kappa shape index (κ1) is 17.1. The molecule has 0 saturated carbocycles. The van der Waals surface area contributed by atoms with Gasteiger partial charge in [-0.2, -0.15) is 5.11 Å². The maximum Gasteiger partial charge on any atom is 0.135 e. The fourth-order valence-electron chi connectivity index (χ4n) is 3.25. The monoisotopic (exact) mass is 366 g/mol. The highest BCUT2D eigenvalue weighted by molar-refractivity contribution is 7.18. The molecule has 0 spiro atoms. The van der Waals surface area contributed by atoms with Crippen LogP contribution >= 0.6 is 11.3 Å². The van der Waals surface area contributed by atoms with Crippen LogP contribution in [0.15, 0.2) is 45.1 Å². The number of likely N-dealkylation sites (N-methyl/N-ethyl adjacent to an activating group) is 1. The summed E-state index contributed by atoms with van der Waals surface area (Å²) in [7, 11) is 0. The number of benzene rings is 1. The van der Waals surface area contributed by atoms with Gasteiger partial charge in [-0.1, -0.05) is 26.0 Å². The van der Waals surface area contributed by atoms with E-state index in [1.54, 1.807) is 11.3 Å². The molecule has 26 heavy (non-hydrogen) atoms. The van der Waals surface area contributed by atoms with Crippen molar-refractivity contribution in [1.29, 1.82) is 0 Å². The molecule has 1 aliphatic rings. The van der Waals surface area contributed by atoms with Gasteiger partial charge in [0.15, 0.2) is 0 Å². The molecular formula is C19H22N6S. The first-order valence-corrected chi connectivity index (χ1v) is 9.89. The SMILES string of the molecule is CCN(CC)CCNc1nc2cc(C3=NN=NC3)ccc2c2sccc12. The second-order valence-corrected chi connectivity index (χ2v) is 7.16. The van der Waals surface area contributed by atoms with Crippen LogP contribution in [-0.4, -0.2) is 48.3 Å². The number of fused-ring (bicyclic) bond motifs is 3. The van der Waals surface area contributed by atoms with E-state index in [-0.39, 0.29) is 0 Å². The lowest BCUT2D eigenvalue weighted by Gasteiger charge is -2.18. The molecule has 0 radical (unpaired) electrons. The molecular weight excluding hydrogens is 344 g/mol. The Bertz CT molecular complexity index is 986. The highest BCUT2D eigenvalue weighted by Gasteiger charge is 2.13. The van der Waals surface area contributed by atoms with Gasteiger partial charge in [0.2, 0.25) is 0 Å². The summed E-state index contributed by atoms with van der Waals surface area (Å²) in [6, 6.07) is 8.47. The van der Waals surface area contributed by atoms with Crippen LogP contribution in [0.25, 0.3) is 21.0 Å². The molecule has 0 saturated heterocycles. The molecule has 7 heteroatoms. The second kappa shape index (κ2) is 7.47. The van der Waals surface area contributed by atoms with Gasteiger partial charge in [0.05, 0.1) is 11.2 Å². The van der Waals surface area contributed by atoms with Crippen LogP contribution in [0.5, 0.6) is 0 Å². The molecule has 3 aromatic rings. The van der Waals surface area contributed by atoms with Crippen molar-refractivity contribution in [3.63, 3.8) is 0 Å². The number of rotatable bonds is 7. The van der Waals surface area contributed by atoms with E-state index in [1.807, 2.05) is 0 Å². The van der Waals surface area contributed by atoms with Gasteiger partial charge in [0, 0.05) is 34.1 Å². The predicted molar refractivity (Wildman–Crippen MR) is 110 cm³/mol. The zero-order valence-corrected chi connectivity index (χ0v) is 15.9. The first-order chi connectivity index (χ1) is 12.8. The number of hydrogen-bond donors (Lipinski definition) is 1. The number of pyridine rings is 1. The Balaban J connectivity index is 1.68. The molecule has 0 unspecified atom stereocenters. The van der Waals surface area contributed by atoms with Crippen LogP contribution in [0.3, 0.4) is 0 Å². The summed E-state index contributed by atoms with van der Waals surface area (Å²) in [5, 5.41) is 19.8. The maximum absolute atomic E-state index is 4.92. The smallest absolute Gasteiger partial charge is 0.135 e. The molecule has 0 aliphatic carbocycles. The Morgan fingerprint density at radius 2 is 2.04 bits per heavy atom. The van der Waals surface area contributed by atoms with Crippen molar-refractivity contribution in [3.05, 3.63) is 35.2 Å². The van der Waals surface area contributed by atoms with Gasteiger partial charge < -0.3 is 10.2 Å². The Labute approximate surface area is 156 Å². The lowest BCUT2D eigenvalue weighted by atomic mass is 10.1. The summed E-state index contributed by atoms with van der Waals surface area (Å²) in [5.74, 6) is 0.959. The van der Waals surface area contributed by atoms with E-state index < -0.39 is 0 Å². The molecule has 4 rings (SSSR count). The highest BCUT2D eigenvalue weighted by atomic mass is 32.1. The Morgan fingerprint density at radius 3 is 2.81 bits per heavy atom. The Morgan fingerprint density at radius 1 is 1.15 bits per heavy atom. The van der Waals surface area contributed by atoms with Crippen LogP contribution in [0.2, 0.25) is 0 Å². The van der Waals surface area contributed by atoms with Crippen molar-refractivity contribution in [2.75, 3.05) is 38.0 Å². The summed E-state index contributed by atoms with van der Waals surface area (Å²) in [6.45, 7) is 8.97. The maximum atomic E-state index is 4.92. The van der Waals surface area contributed by atoms with Gasteiger partial charge in [-0.3, -0.25) is 0 Å². The summed E-state index contributed by atoms with van der Waals surface area (Å²) >= 11 is 1.76. The van der Waals surface area contributed by atoms with Gasteiger partial charge >= 0.3 is 0 Å². The fraction of sp³-hybridized carbons (Fsp3) is 0.368. The van der Waals surface area contributed by atoms with Crippen molar-refractivity contribution in [2.45, 2.75) is 13.8 Å². The van der Waals surface area contributed by atoms with E-state index in [4.69, 9.17) is 4.98 Å². The third-order valence-corrected chi connectivity index (χ3v) is 5.74. The van der Waals surface area contributed by atoms with Gasteiger partial charge in [-0.15, -0.1) is 16.4 Å². The fourth-order valence-corrected chi connectivity index (χ4v) is 4.18. The zero-order chi connectivity index (χ0) is 17.9. The van der Waals surface area contributed by atoms with E-state index in [1.165, 1.54) is 15.5 Å². The van der Waals surface area contributed by atoms with E-state index in [2.05, 4.69) is 69.1 Å². The van der Waals surface area contributed by atoms with Crippen LogP contribution in [0.1, 0.15) is 19.4 Å². The standard InChI is InChI=1S/C19H22N6S/c1-3-25(4-2)9-8-20-19-15-7-10-26-18(15)14-6-5-13(11-16(14)22-19)17-12-21-24-23-17/h5-7,10-11H,3-4,8-9,12H2,1-2H3,(H,20,22). The van der Waals surface area contributed by atoms with Crippen molar-refractivity contribution < 1.29 is 0 Å². The molecule has 0 amide bonds. The van der Waals surface area contributed by atoms with Crippen LogP contribution in [-0.2, 0) is 0 Å². The minimum Gasteiger partial charge on any atom is -0.368 e. The molecule has 1 aliphatic heterocycles. The topological polar surface area (TPSA) is 65.2 Å². The largest absolute Gasteiger partial charge is 0.368 e. The lowest BCUT2D eigenvalue weighted by Crippen LogP contribution is -2.28. The normalized spacial score (nSPS) is 13.9. The molecule has 6 nitrogen and oxygen atoms in total. The predicted octanol–water partition coefficient (Wildman–Crippen LogP) is 4.37. The summed E-state index contributed by atoms with van der Waals surface area (Å²) in [6.07, 6.45) is 0. The molecule has 134 valence electrons.